The molecule has 3 nitrogen and oxygen atoms in total. The summed E-state index contributed by atoms with van der Waals surface area (Å²) in [5, 5.41) is 9.76. The predicted octanol–water partition coefficient (Wildman–Crippen LogP) is 2.32. The number of nitrogens with two attached hydrogens (primary N) is 1. The number of alkyl halides is 2. The number of rotatable bonds is 5. The first kappa shape index (κ1) is 15.8. The van der Waals surface area contributed by atoms with E-state index in [1.54, 1.807) is 20.8 Å². The Balaban J connectivity index is 2.30. The fraction of sp³-hybridized carbons (Fsp3) is 1.00. The quantitative estimate of drug-likeness (QED) is 0.802. The molecule has 18 heavy (non-hydrogen) atoms. The molecular weight excluding hydrogens is 240 g/mol. The molecule has 0 aliphatic heterocycles. The lowest BCUT2D eigenvalue weighted by molar-refractivity contribution is -0.0738. The van der Waals surface area contributed by atoms with Gasteiger partial charge in [0.05, 0.1) is 17.7 Å². The smallest absolute Gasteiger partial charge is 0.248 e. The Morgan fingerprint density at radius 1 is 1.39 bits per heavy atom. The molecule has 1 aliphatic rings. The van der Waals surface area contributed by atoms with Crippen LogP contribution in [0, 0.1) is 5.92 Å². The molecule has 2 atom stereocenters. The maximum absolute atomic E-state index is 13.0. The van der Waals surface area contributed by atoms with E-state index < -0.39 is 17.6 Å². The van der Waals surface area contributed by atoms with Crippen molar-refractivity contribution in [3.63, 3.8) is 0 Å². The minimum atomic E-state index is -2.49. The van der Waals surface area contributed by atoms with Crippen molar-refractivity contribution in [1.82, 2.24) is 0 Å². The van der Waals surface area contributed by atoms with Crippen molar-refractivity contribution in [2.45, 2.75) is 70.1 Å². The molecule has 0 unspecified atom stereocenters. The largest absolute Gasteiger partial charge is 0.389 e. The van der Waals surface area contributed by atoms with Gasteiger partial charge in [-0.1, -0.05) is 0 Å². The zero-order valence-corrected chi connectivity index (χ0v) is 11.5. The van der Waals surface area contributed by atoms with Gasteiger partial charge in [0.15, 0.2) is 0 Å². The third kappa shape index (κ3) is 4.78. The molecule has 5 heteroatoms. The van der Waals surface area contributed by atoms with Crippen LogP contribution in [0.1, 0.15) is 46.5 Å². The minimum Gasteiger partial charge on any atom is -0.389 e. The fourth-order valence-corrected chi connectivity index (χ4v) is 2.23. The molecule has 3 N–H and O–H groups in total. The number of halogens is 2. The molecule has 0 heterocycles. The average Bonchev–Trinajstić information content (AvgIpc) is 2.25. The number of ether oxygens (including phenoxy) is 1. The van der Waals surface area contributed by atoms with Crippen molar-refractivity contribution >= 4 is 0 Å². The Bertz CT molecular complexity index is 256. The van der Waals surface area contributed by atoms with Crippen molar-refractivity contribution in [1.29, 1.82) is 0 Å². The summed E-state index contributed by atoms with van der Waals surface area (Å²) in [5.74, 6) is -2.31. The summed E-state index contributed by atoms with van der Waals surface area (Å²) in [7, 11) is 0. The van der Waals surface area contributed by atoms with E-state index in [4.69, 9.17) is 10.5 Å². The molecule has 1 rings (SSSR count). The van der Waals surface area contributed by atoms with Gasteiger partial charge in [0, 0.05) is 19.4 Å². The fourth-order valence-electron chi connectivity index (χ4n) is 2.23. The van der Waals surface area contributed by atoms with E-state index in [1.807, 2.05) is 0 Å². The summed E-state index contributed by atoms with van der Waals surface area (Å²) in [6, 6.07) is -0.484. The lowest BCUT2D eigenvalue weighted by Crippen LogP contribution is -2.51. The van der Waals surface area contributed by atoms with E-state index in [2.05, 4.69) is 0 Å². The summed E-state index contributed by atoms with van der Waals surface area (Å²) in [6.45, 7) is 5.53. The topological polar surface area (TPSA) is 55.5 Å². The molecule has 0 aromatic rings. The van der Waals surface area contributed by atoms with Crippen LogP contribution in [0.15, 0.2) is 0 Å². The van der Waals surface area contributed by atoms with Crippen molar-refractivity contribution in [3.05, 3.63) is 0 Å². The van der Waals surface area contributed by atoms with Gasteiger partial charge in [0.2, 0.25) is 5.92 Å². The van der Waals surface area contributed by atoms with Crippen LogP contribution in [0.5, 0.6) is 0 Å². The standard InChI is InChI=1S/C13H25F2NO2/c1-9(11(16)12(2,3)17)18-8-10-4-6-13(14,15)7-5-10/h9-11,17H,4-8,16H2,1-3H3/t9-,11+/m1/s1. The first-order chi connectivity index (χ1) is 8.12. The van der Waals surface area contributed by atoms with E-state index in [9.17, 15) is 13.9 Å². The second-order valence-corrected chi connectivity index (χ2v) is 6.02. The average molecular weight is 265 g/mol. The first-order valence-electron chi connectivity index (χ1n) is 6.59. The second-order valence-electron chi connectivity index (χ2n) is 6.02. The van der Waals surface area contributed by atoms with Gasteiger partial charge in [0.1, 0.15) is 0 Å². The van der Waals surface area contributed by atoms with Gasteiger partial charge >= 0.3 is 0 Å². The third-order valence-corrected chi connectivity index (χ3v) is 3.75. The maximum Gasteiger partial charge on any atom is 0.248 e. The molecule has 1 fully saturated rings. The lowest BCUT2D eigenvalue weighted by atomic mass is 9.87. The van der Waals surface area contributed by atoms with E-state index in [1.165, 1.54) is 0 Å². The monoisotopic (exact) mass is 265 g/mol. The van der Waals surface area contributed by atoms with E-state index in [0.29, 0.717) is 19.4 Å². The van der Waals surface area contributed by atoms with Crippen LogP contribution in [-0.2, 0) is 4.74 Å². The summed E-state index contributed by atoms with van der Waals surface area (Å²) < 4.78 is 31.5. The molecule has 108 valence electrons. The molecule has 0 aromatic heterocycles. The number of aliphatic hydroxyl groups is 1. The Kier molecular flexibility index (Phi) is 5.09. The number of hydrogen-bond acceptors (Lipinski definition) is 3. The molecule has 0 radical (unpaired) electrons. The molecule has 0 amide bonds. The van der Waals surface area contributed by atoms with Gasteiger partial charge in [0.25, 0.3) is 0 Å². The van der Waals surface area contributed by atoms with Crippen LogP contribution >= 0.6 is 0 Å². The summed E-state index contributed by atoms with van der Waals surface area (Å²) >= 11 is 0. The summed E-state index contributed by atoms with van der Waals surface area (Å²) in [5.41, 5.74) is 4.86. The van der Waals surface area contributed by atoms with Crippen molar-refractivity contribution in [3.8, 4) is 0 Å². The summed E-state index contributed by atoms with van der Waals surface area (Å²) in [6.07, 6.45) is 0.613. The normalized spacial score (nSPS) is 24.8. The molecular formula is C13H25F2NO2. The Labute approximate surface area is 108 Å². The highest BCUT2D eigenvalue weighted by Crippen LogP contribution is 2.36. The zero-order chi connectivity index (χ0) is 14.0. The SMILES string of the molecule is C[C@@H](OCC1CCC(F)(F)CC1)[C@H](N)C(C)(C)O. The van der Waals surface area contributed by atoms with Gasteiger partial charge in [-0.15, -0.1) is 0 Å². The highest BCUT2D eigenvalue weighted by atomic mass is 19.3. The molecule has 1 aliphatic carbocycles. The zero-order valence-electron chi connectivity index (χ0n) is 11.5. The molecule has 0 bridgehead atoms. The van der Waals surface area contributed by atoms with E-state index in [-0.39, 0.29) is 24.9 Å². The van der Waals surface area contributed by atoms with E-state index >= 15 is 0 Å². The highest BCUT2D eigenvalue weighted by Gasteiger charge is 2.35. The van der Waals surface area contributed by atoms with Gasteiger partial charge in [-0.3, -0.25) is 0 Å². The van der Waals surface area contributed by atoms with Crippen molar-refractivity contribution < 1.29 is 18.6 Å². The second kappa shape index (κ2) is 5.80. The first-order valence-corrected chi connectivity index (χ1v) is 6.59. The van der Waals surface area contributed by atoms with Crippen molar-refractivity contribution in [2.75, 3.05) is 6.61 Å². The van der Waals surface area contributed by atoms with Gasteiger partial charge in [-0.05, 0) is 39.5 Å². The number of hydrogen-bond donors (Lipinski definition) is 2. The predicted molar refractivity (Wildman–Crippen MR) is 66.6 cm³/mol. The Morgan fingerprint density at radius 3 is 2.33 bits per heavy atom. The van der Waals surface area contributed by atoms with Crippen LogP contribution in [0.2, 0.25) is 0 Å². The minimum absolute atomic E-state index is 0.0487. The van der Waals surface area contributed by atoms with Crippen LogP contribution in [0.3, 0.4) is 0 Å². The third-order valence-electron chi connectivity index (χ3n) is 3.75. The highest BCUT2D eigenvalue weighted by molar-refractivity contribution is 4.86. The van der Waals surface area contributed by atoms with Crippen molar-refractivity contribution in [2.24, 2.45) is 11.7 Å². The van der Waals surface area contributed by atoms with Gasteiger partial charge in [-0.2, -0.15) is 0 Å². The van der Waals surface area contributed by atoms with Crippen LogP contribution in [-0.4, -0.2) is 35.4 Å². The lowest BCUT2D eigenvalue weighted by Gasteiger charge is -2.33. The van der Waals surface area contributed by atoms with Crippen LogP contribution in [0.25, 0.3) is 0 Å². The molecule has 0 saturated heterocycles. The molecule has 1 saturated carbocycles. The van der Waals surface area contributed by atoms with Crippen LogP contribution in [0.4, 0.5) is 8.78 Å². The Morgan fingerprint density at radius 2 is 1.89 bits per heavy atom. The maximum atomic E-state index is 13.0. The van der Waals surface area contributed by atoms with Crippen LogP contribution < -0.4 is 5.73 Å². The molecule has 0 aromatic carbocycles. The van der Waals surface area contributed by atoms with Gasteiger partial charge < -0.3 is 15.6 Å². The summed E-state index contributed by atoms with van der Waals surface area (Å²) in [4.78, 5) is 0. The Hall–Kier alpha value is -0.260. The van der Waals surface area contributed by atoms with E-state index in [0.717, 1.165) is 0 Å². The van der Waals surface area contributed by atoms with Gasteiger partial charge in [-0.25, -0.2) is 8.78 Å². The molecule has 0 spiro atoms.